The molecule has 0 radical (unpaired) electrons. The molecule has 0 saturated heterocycles. The van der Waals surface area contributed by atoms with E-state index in [2.05, 4.69) is 56.8 Å². The third-order valence-electron chi connectivity index (χ3n) is 8.83. The second kappa shape index (κ2) is 23.4. The van der Waals surface area contributed by atoms with Gasteiger partial charge in [-0.3, -0.25) is 33.8 Å². The van der Waals surface area contributed by atoms with Crippen molar-refractivity contribution in [2.45, 2.75) is 88.2 Å². The molecule has 3 aromatic rings. The van der Waals surface area contributed by atoms with Crippen molar-refractivity contribution in [1.29, 1.82) is 0 Å². The summed E-state index contributed by atoms with van der Waals surface area (Å²) in [6, 6.07) is -3.20. The number of aliphatic imine (C=N–C) groups is 1. The molecule has 17 N–H and O–H groups in total. The number of carbonyl (C=O) groups is 7. The number of nitrogens with one attached hydrogen (secondary N) is 8. The summed E-state index contributed by atoms with van der Waals surface area (Å²) in [4.78, 5) is 109. The highest BCUT2D eigenvalue weighted by Gasteiger charge is 2.32. The Hall–Kier alpha value is -7.08. The highest BCUT2D eigenvalue weighted by atomic mass is 16.4. The number of aromatic amines is 2. The van der Waals surface area contributed by atoms with Gasteiger partial charge in [0.1, 0.15) is 42.0 Å². The normalized spacial score (nSPS) is 14.4. The van der Waals surface area contributed by atoms with Crippen molar-refractivity contribution in [1.82, 2.24) is 51.8 Å². The lowest BCUT2D eigenvalue weighted by Crippen LogP contribution is -2.60. The number of carbonyl (C=O) groups excluding carboxylic acids is 6. The molecule has 0 spiro atoms. The van der Waals surface area contributed by atoms with Gasteiger partial charge in [-0.15, -0.1) is 0 Å². The number of aromatic nitrogens is 4. The van der Waals surface area contributed by atoms with Crippen molar-refractivity contribution in [3.63, 3.8) is 0 Å². The molecule has 7 atom stereocenters. The van der Waals surface area contributed by atoms with Crippen LogP contribution < -0.4 is 49.1 Å². The molecule has 3 rings (SSSR count). The molecule has 24 nitrogen and oxygen atoms in total. The van der Waals surface area contributed by atoms with Gasteiger partial charge in [0.25, 0.3) is 0 Å². The van der Waals surface area contributed by atoms with Crippen molar-refractivity contribution < 1.29 is 48.9 Å². The molecule has 60 heavy (non-hydrogen) atoms. The number of benzene rings is 1. The molecule has 0 aliphatic heterocycles. The quantitative estimate of drug-likeness (QED) is 0.0229. The van der Waals surface area contributed by atoms with Gasteiger partial charge in [-0.2, -0.15) is 0 Å². The van der Waals surface area contributed by atoms with Crippen LogP contribution in [0.15, 0.2) is 54.3 Å². The zero-order valence-electron chi connectivity index (χ0n) is 32.9. The third kappa shape index (κ3) is 15.7. The molecule has 0 unspecified atom stereocenters. The predicted octanol–water partition coefficient (Wildman–Crippen LogP) is -4.73. The van der Waals surface area contributed by atoms with Crippen molar-refractivity contribution in [2.24, 2.45) is 22.2 Å². The van der Waals surface area contributed by atoms with Crippen LogP contribution in [0.2, 0.25) is 0 Å². The summed E-state index contributed by atoms with van der Waals surface area (Å²) in [5.74, 6) is -6.64. The van der Waals surface area contributed by atoms with Gasteiger partial charge in [0.2, 0.25) is 35.4 Å². The molecule has 2 heterocycles. The number of carboxylic acids is 1. The molecular formula is C36H52N14O10. The van der Waals surface area contributed by atoms with E-state index in [1.54, 1.807) is 12.1 Å². The van der Waals surface area contributed by atoms with Crippen molar-refractivity contribution >= 4 is 47.4 Å². The van der Waals surface area contributed by atoms with Gasteiger partial charge in [-0.25, -0.2) is 14.8 Å². The number of nitrogens with two attached hydrogens (primary N) is 3. The Kier molecular flexibility index (Phi) is 18.4. The summed E-state index contributed by atoms with van der Waals surface area (Å²) in [7, 11) is 0. The van der Waals surface area contributed by atoms with Gasteiger partial charge in [0.05, 0.1) is 25.3 Å². The number of aliphatic hydroxyl groups is 1. The van der Waals surface area contributed by atoms with Gasteiger partial charge < -0.3 is 74.4 Å². The van der Waals surface area contributed by atoms with E-state index in [0.29, 0.717) is 17.0 Å². The number of rotatable bonds is 24. The highest BCUT2D eigenvalue weighted by molar-refractivity contribution is 5.97. The molecule has 0 bridgehead atoms. The molecule has 0 fully saturated rings. The second-order valence-corrected chi connectivity index (χ2v) is 13.7. The average molecular weight is 841 g/mol. The van der Waals surface area contributed by atoms with Crippen LogP contribution in [0.5, 0.6) is 5.75 Å². The van der Waals surface area contributed by atoms with Crippen LogP contribution >= 0.6 is 0 Å². The Bertz CT molecular complexity index is 1920. The molecule has 24 heteroatoms. The standard InChI is InChI=1S/C36H52N14O10/c1-18(46-31(55)24(37)10-20-5-7-23(52)8-6-20)29(53)45-19(2)30(54)48-26(11-21-13-40-16-43-21)33(57)47-25(4-3-9-42-36(38)39)32(56)50-28(15-51)34(58)49-27(35(59)60)12-22-14-41-17-44-22/h5-8,13-14,16-19,24-28,51-52H,3-4,9-12,15,37H2,1-2H3,(H,40,43)(H,41,44)(H,45,53)(H,46,55)(H,47,57)(H,48,54)(H,49,58)(H,50,56)(H,59,60)(H4,38,39,42)/t18-,19-,24-,25-,26-,27-,28-/m0/s1. The largest absolute Gasteiger partial charge is 0.508 e. The number of hydrogen-bond donors (Lipinski definition) is 14. The molecular weight excluding hydrogens is 788 g/mol. The van der Waals surface area contributed by atoms with Crippen molar-refractivity contribution in [3.05, 3.63) is 66.3 Å². The summed E-state index contributed by atoms with van der Waals surface area (Å²) in [5, 5.41) is 43.8. The van der Waals surface area contributed by atoms with Crippen LogP contribution in [0.3, 0.4) is 0 Å². The highest BCUT2D eigenvalue weighted by Crippen LogP contribution is 2.11. The lowest BCUT2D eigenvalue weighted by Gasteiger charge is -2.26. The molecule has 0 saturated carbocycles. The molecule has 2 aromatic heterocycles. The fourth-order valence-corrected chi connectivity index (χ4v) is 5.49. The first-order valence-electron chi connectivity index (χ1n) is 18.7. The van der Waals surface area contributed by atoms with Crippen molar-refractivity contribution in [3.8, 4) is 5.75 Å². The number of guanidine groups is 1. The summed E-state index contributed by atoms with van der Waals surface area (Å²) < 4.78 is 0. The third-order valence-corrected chi connectivity index (χ3v) is 8.83. The van der Waals surface area contributed by atoms with Crippen LogP contribution in [0.1, 0.15) is 43.6 Å². The van der Waals surface area contributed by atoms with Crippen LogP contribution in [0, 0.1) is 0 Å². The number of amides is 6. The van der Waals surface area contributed by atoms with Gasteiger partial charge >= 0.3 is 5.97 Å². The SMILES string of the molecule is C[C@H](NC(=O)[C@H](C)NC(=O)[C@@H](N)Cc1ccc(O)cc1)C(=O)N[C@@H](Cc1cnc[nH]1)C(=O)N[C@@H](CCCN=C(N)N)C(=O)N[C@@H](CO)C(=O)N[C@@H](Cc1cnc[nH]1)C(=O)O. The summed E-state index contributed by atoms with van der Waals surface area (Å²) >= 11 is 0. The Morgan fingerprint density at radius 1 is 0.683 bits per heavy atom. The van der Waals surface area contributed by atoms with E-state index in [0.717, 1.165) is 0 Å². The lowest BCUT2D eigenvalue weighted by atomic mass is 10.1. The first-order chi connectivity index (χ1) is 28.5. The maximum absolute atomic E-state index is 13.8. The van der Waals surface area contributed by atoms with Gasteiger partial charge in [-0.05, 0) is 50.8 Å². The monoisotopic (exact) mass is 840 g/mol. The number of aliphatic carboxylic acids is 1. The molecule has 0 aliphatic rings. The van der Waals surface area contributed by atoms with Crippen LogP contribution in [-0.4, -0.2) is 138 Å². The van der Waals surface area contributed by atoms with E-state index in [1.807, 2.05) is 0 Å². The lowest BCUT2D eigenvalue weighted by molar-refractivity contribution is -0.142. The maximum Gasteiger partial charge on any atom is 0.326 e. The smallest absolute Gasteiger partial charge is 0.326 e. The Morgan fingerprint density at radius 3 is 1.70 bits per heavy atom. The average Bonchev–Trinajstić information content (AvgIpc) is 3.93. The van der Waals surface area contributed by atoms with Crippen molar-refractivity contribution in [2.75, 3.05) is 13.2 Å². The van der Waals surface area contributed by atoms with Gasteiger partial charge in [0, 0.05) is 43.2 Å². The van der Waals surface area contributed by atoms with E-state index in [4.69, 9.17) is 17.2 Å². The molecule has 0 aliphatic carbocycles. The zero-order valence-corrected chi connectivity index (χ0v) is 32.9. The van der Waals surface area contributed by atoms with Crippen LogP contribution in [0.25, 0.3) is 0 Å². The molecule has 326 valence electrons. The Labute approximate surface area is 343 Å². The Morgan fingerprint density at radius 2 is 1.17 bits per heavy atom. The van der Waals surface area contributed by atoms with Crippen LogP contribution in [0.4, 0.5) is 0 Å². The van der Waals surface area contributed by atoms with E-state index in [9.17, 15) is 48.9 Å². The summed E-state index contributed by atoms with van der Waals surface area (Å²) in [6.07, 6.45) is 5.22. The molecule has 1 aromatic carbocycles. The minimum Gasteiger partial charge on any atom is -0.508 e. The number of phenolic OH excluding ortho intramolecular Hbond substituents is 1. The van der Waals surface area contributed by atoms with Gasteiger partial charge in [0.15, 0.2) is 5.96 Å². The van der Waals surface area contributed by atoms with E-state index in [-0.39, 0.29) is 50.4 Å². The number of phenols is 1. The molecule has 6 amide bonds. The van der Waals surface area contributed by atoms with Crippen LogP contribution in [-0.2, 0) is 52.8 Å². The summed E-state index contributed by atoms with van der Waals surface area (Å²) in [5.41, 5.74) is 18.3. The van der Waals surface area contributed by atoms with E-state index < -0.39 is 90.3 Å². The topological polar surface area (TPSA) is 400 Å². The summed E-state index contributed by atoms with van der Waals surface area (Å²) in [6.45, 7) is 1.82. The van der Waals surface area contributed by atoms with Gasteiger partial charge in [-0.1, -0.05) is 12.1 Å². The minimum atomic E-state index is -1.65. The van der Waals surface area contributed by atoms with E-state index >= 15 is 0 Å². The number of aliphatic hydroxyl groups excluding tert-OH is 1. The van der Waals surface area contributed by atoms with E-state index in [1.165, 1.54) is 51.0 Å². The second-order valence-electron chi connectivity index (χ2n) is 13.7. The number of imidazole rings is 2. The first-order valence-corrected chi connectivity index (χ1v) is 18.7. The zero-order chi connectivity index (χ0) is 44.4. The minimum absolute atomic E-state index is 0.0363. The fourth-order valence-electron chi connectivity index (χ4n) is 5.49. The maximum atomic E-state index is 13.8. The predicted molar refractivity (Wildman–Crippen MR) is 212 cm³/mol. The Balaban J connectivity index is 1.69. The first kappa shape index (κ1) is 47.3. The number of carboxylic acid groups (broad SMARTS) is 1. The number of H-pyrrole nitrogens is 2. The fraction of sp³-hybridized carbons (Fsp3) is 0.444. The number of aromatic hydroxyl groups is 1. The number of nitrogens with zero attached hydrogens (tertiary/aromatic N) is 3. The number of hydrogen-bond acceptors (Lipinski definition) is 13.